The Kier molecular flexibility index (Phi) is 5.90. The Balaban J connectivity index is 1.57. The third-order valence-corrected chi connectivity index (χ3v) is 5.60. The van der Waals surface area contributed by atoms with Crippen LogP contribution in [0, 0.1) is 6.92 Å². The zero-order valence-corrected chi connectivity index (χ0v) is 18.3. The Morgan fingerprint density at radius 1 is 1.06 bits per heavy atom. The van der Waals surface area contributed by atoms with Crippen LogP contribution in [0.4, 0.5) is 5.69 Å². The average molecular weight is 482 g/mol. The average Bonchev–Trinajstić information content (AvgIpc) is 3.11. The number of halogens is 1. The van der Waals surface area contributed by atoms with E-state index >= 15 is 0 Å². The number of phenolic OH excluding ortho intramolecular Hbond substituents is 1. The molecule has 0 saturated carbocycles. The van der Waals surface area contributed by atoms with E-state index in [2.05, 4.69) is 31.8 Å². The molecule has 0 atom stereocenters. The molecule has 0 spiro atoms. The molecule has 3 aromatic rings. The first-order chi connectivity index (χ1) is 14.9. The molecule has 2 aromatic carbocycles. The van der Waals surface area contributed by atoms with Crippen LogP contribution in [0.3, 0.4) is 0 Å². The number of anilines is 1. The highest BCUT2D eigenvalue weighted by Crippen LogP contribution is 2.30. The van der Waals surface area contributed by atoms with Crippen LogP contribution >= 0.6 is 15.9 Å². The van der Waals surface area contributed by atoms with Crippen LogP contribution in [0.15, 0.2) is 62.5 Å². The van der Waals surface area contributed by atoms with E-state index in [9.17, 15) is 14.7 Å². The lowest BCUT2D eigenvalue weighted by molar-refractivity contribution is 0.0950. The van der Waals surface area contributed by atoms with Gasteiger partial charge >= 0.3 is 0 Å². The first-order valence-electron chi connectivity index (χ1n) is 9.78. The third-order valence-electron chi connectivity index (χ3n) is 5.08. The van der Waals surface area contributed by atoms with Gasteiger partial charge in [0.1, 0.15) is 11.5 Å². The standard InChI is InChI=1S/C23H20BrN3O4/c1-13-20-17(26-27-22(29)16-5-2-3-7-18(16)28)6-4-8-19(20)31-21(13)23(30)25-15-11-9-14(24)10-12-15/h2-3,5,7,9-12,28H,4,6,8H2,1H3,(H,25,30)(H,27,29)/b26-17+. The summed E-state index contributed by atoms with van der Waals surface area (Å²) in [4.78, 5) is 25.2. The fourth-order valence-corrected chi connectivity index (χ4v) is 3.83. The van der Waals surface area contributed by atoms with Gasteiger partial charge in [0.15, 0.2) is 5.76 Å². The van der Waals surface area contributed by atoms with Crippen LogP contribution in [0.2, 0.25) is 0 Å². The molecular formula is C23H20BrN3O4. The number of benzene rings is 2. The summed E-state index contributed by atoms with van der Waals surface area (Å²) in [5, 5.41) is 17.0. The summed E-state index contributed by atoms with van der Waals surface area (Å²) in [6.07, 6.45) is 2.12. The maximum Gasteiger partial charge on any atom is 0.291 e. The molecule has 0 saturated heterocycles. The summed E-state index contributed by atoms with van der Waals surface area (Å²) in [6.45, 7) is 1.81. The van der Waals surface area contributed by atoms with Crippen molar-refractivity contribution >= 4 is 39.1 Å². The van der Waals surface area contributed by atoms with Gasteiger partial charge in [-0.15, -0.1) is 0 Å². The van der Waals surface area contributed by atoms with Gasteiger partial charge in [0.05, 0.1) is 11.3 Å². The van der Waals surface area contributed by atoms with E-state index in [0.717, 1.165) is 16.5 Å². The highest BCUT2D eigenvalue weighted by atomic mass is 79.9. The molecule has 1 aliphatic rings. The Morgan fingerprint density at radius 3 is 2.55 bits per heavy atom. The lowest BCUT2D eigenvalue weighted by atomic mass is 9.93. The first-order valence-corrected chi connectivity index (χ1v) is 10.6. The van der Waals surface area contributed by atoms with E-state index in [0.29, 0.717) is 35.6 Å². The summed E-state index contributed by atoms with van der Waals surface area (Å²) in [5.74, 6) is -0.0513. The highest BCUT2D eigenvalue weighted by molar-refractivity contribution is 9.10. The second-order valence-electron chi connectivity index (χ2n) is 7.19. The van der Waals surface area contributed by atoms with Crippen molar-refractivity contribution < 1.29 is 19.1 Å². The topological polar surface area (TPSA) is 104 Å². The number of aromatic hydroxyl groups is 1. The number of hydrogen-bond acceptors (Lipinski definition) is 5. The Hall–Kier alpha value is -3.39. The monoisotopic (exact) mass is 481 g/mol. The highest BCUT2D eigenvalue weighted by Gasteiger charge is 2.28. The number of furan rings is 1. The van der Waals surface area contributed by atoms with E-state index in [1.165, 1.54) is 12.1 Å². The number of hydrogen-bond donors (Lipinski definition) is 3. The SMILES string of the molecule is Cc1c(C(=O)Nc2ccc(Br)cc2)oc2c1/C(=N/NC(=O)c1ccccc1O)CCC2. The summed E-state index contributed by atoms with van der Waals surface area (Å²) in [5.41, 5.74) is 5.38. The largest absolute Gasteiger partial charge is 0.507 e. The van der Waals surface area contributed by atoms with Gasteiger partial charge in [0.25, 0.3) is 11.8 Å². The molecule has 1 aromatic heterocycles. The quantitative estimate of drug-likeness (QED) is 0.466. The molecule has 31 heavy (non-hydrogen) atoms. The summed E-state index contributed by atoms with van der Waals surface area (Å²) in [7, 11) is 0. The van der Waals surface area contributed by atoms with E-state index < -0.39 is 5.91 Å². The smallest absolute Gasteiger partial charge is 0.291 e. The van der Waals surface area contributed by atoms with Crippen molar-refractivity contribution in [3.8, 4) is 5.75 Å². The van der Waals surface area contributed by atoms with Gasteiger partial charge in [-0.05, 0) is 56.2 Å². The van der Waals surface area contributed by atoms with Crippen LogP contribution < -0.4 is 10.7 Å². The summed E-state index contributed by atoms with van der Waals surface area (Å²) < 4.78 is 6.80. The summed E-state index contributed by atoms with van der Waals surface area (Å²) in [6, 6.07) is 13.5. The molecule has 8 heteroatoms. The van der Waals surface area contributed by atoms with Gasteiger partial charge in [-0.1, -0.05) is 28.1 Å². The minimum Gasteiger partial charge on any atom is -0.507 e. The number of nitrogens with zero attached hydrogens (tertiary/aromatic N) is 1. The molecule has 1 heterocycles. The maximum absolute atomic E-state index is 12.8. The van der Waals surface area contributed by atoms with Crippen molar-refractivity contribution in [2.75, 3.05) is 5.32 Å². The van der Waals surface area contributed by atoms with E-state index in [-0.39, 0.29) is 23.0 Å². The number of hydrazone groups is 1. The van der Waals surface area contributed by atoms with Gasteiger partial charge in [-0.3, -0.25) is 9.59 Å². The van der Waals surface area contributed by atoms with Gasteiger partial charge in [-0.25, -0.2) is 5.43 Å². The first kappa shape index (κ1) is 20.9. The molecule has 0 aliphatic heterocycles. The lowest BCUT2D eigenvalue weighted by Gasteiger charge is -2.13. The van der Waals surface area contributed by atoms with E-state index in [1.54, 1.807) is 24.3 Å². The van der Waals surface area contributed by atoms with Crippen LogP contribution in [0.5, 0.6) is 5.75 Å². The van der Waals surface area contributed by atoms with Gasteiger partial charge in [0, 0.05) is 27.7 Å². The molecule has 4 rings (SSSR count). The predicted molar refractivity (Wildman–Crippen MR) is 121 cm³/mol. The number of nitrogens with one attached hydrogen (secondary N) is 2. The van der Waals surface area contributed by atoms with Crippen molar-refractivity contribution in [2.45, 2.75) is 26.2 Å². The Morgan fingerprint density at radius 2 is 1.81 bits per heavy atom. The van der Waals surface area contributed by atoms with Crippen LogP contribution in [-0.2, 0) is 6.42 Å². The number of fused-ring (bicyclic) bond motifs is 1. The summed E-state index contributed by atoms with van der Waals surface area (Å²) >= 11 is 3.37. The van der Waals surface area contributed by atoms with Gasteiger partial charge in [0.2, 0.25) is 0 Å². The number of aryl methyl sites for hydroxylation is 1. The minimum atomic E-state index is -0.507. The number of phenols is 1. The number of carbonyl (C=O) groups is 2. The van der Waals surface area contributed by atoms with Crippen LogP contribution in [-0.4, -0.2) is 22.6 Å². The second-order valence-corrected chi connectivity index (χ2v) is 8.10. The van der Waals surface area contributed by atoms with Crippen molar-refractivity contribution in [1.29, 1.82) is 0 Å². The Bertz CT molecular complexity index is 1180. The second kappa shape index (κ2) is 8.77. The minimum absolute atomic E-state index is 0.115. The molecule has 1 aliphatic carbocycles. The molecule has 0 fully saturated rings. The maximum atomic E-state index is 12.8. The van der Waals surface area contributed by atoms with E-state index in [1.807, 2.05) is 19.1 Å². The molecule has 0 unspecified atom stereocenters. The molecule has 7 nitrogen and oxygen atoms in total. The molecule has 0 radical (unpaired) electrons. The van der Waals surface area contributed by atoms with E-state index in [4.69, 9.17) is 4.42 Å². The zero-order chi connectivity index (χ0) is 22.0. The molecular weight excluding hydrogens is 462 g/mol. The molecule has 158 valence electrons. The zero-order valence-electron chi connectivity index (χ0n) is 16.7. The third kappa shape index (κ3) is 4.39. The Labute approximate surface area is 187 Å². The molecule has 3 N–H and O–H groups in total. The number of carbonyl (C=O) groups excluding carboxylic acids is 2. The van der Waals surface area contributed by atoms with Crippen LogP contribution in [0.1, 0.15) is 50.6 Å². The molecule has 0 bridgehead atoms. The van der Waals surface area contributed by atoms with Crippen molar-refractivity contribution in [2.24, 2.45) is 5.10 Å². The van der Waals surface area contributed by atoms with Crippen molar-refractivity contribution in [3.63, 3.8) is 0 Å². The number of para-hydroxylation sites is 1. The fraction of sp³-hybridized carbons (Fsp3) is 0.174. The van der Waals surface area contributed by atoms with Crippen LogP contribution in [0.25, 0.3) is 0 Å². The number of rotatable bonds is 4. The number of amides is 2. The van der Waals surface area contributed by atoms with Crippen molar-refractivity contribution in [1.82, 2.24) is 5.43 Å². The van der Waals surface area contributed by atoms with Gasteiger partial charge < -0.3 is 14.8 Å². The van der Waals surface area contributed by atoms with Gasteiger partial charge in [-0.2, -0.15) is 5.10 Å². The normalized spacial score (nSPS) is 14.2. The predicted octanol–water partition coefficient (Wildman–Crippen LogP) is 4.78. The fourth-order valence-electron chi connectivity index (χ4n) is 3.56. The molecule has 2 amide bonds. The lowest BCUT2D eigenvalue weighted by Crippen LogP contribution is -2.22. The van der Waals surface area contributed by atoms with Crippen molar-refractivity contribution in [3.05, 3.63) is 81.2 Å².